The number of hydrogen-bond donors (Lipinski definition) is 1. The Morgan fingerprint density at radius 2 is 2.08 bits per heavy atom. The molecule has 0 amide bonds. The minimum atomic E-state index is 0. The molecule has 24 heavy (non-hydrogen) atoms. The predicted molar refractivity (Wildman–Crippen MR) is 95.2 cm³/mol. The highest BCUT2D eigenvalue weighted by atomic mass is 35.5. The Balaban J connectivity index is 0.00000208. The van der Waals surface area contributed by atoms with Crippen LogP contribution in [-0.4, -0.2) is 46.0 Å². The number of ether oxygens (including phenoxy) is 1. The van der Waals surface area contributed by atoms with Crippen molar-refractivity contribution in [2.75, 3.05) is 19.8 Å². The summed E-state index contributed by atoms with van der Waals surface area (Å²) in [6.45, 7) is 4.64. The zero-order valence-electron chi connectivity index (χ0n) is 13.9. The van der Waals surface area contributed by atoms with Gasteiger partial charge in [0.15, 0.2) is 5.82 Å². The van der Waals surface area contributed by atoms with Gasteiger partial charge in [-0.1, -0.05) is 0 Å². The van der Waals surface area contributed by atoms with E-state index in [4.69, 9.17) is 4.74 Å². The lowest BCUT2D eigenvalue weighted by atomic mass is 10.1. The zero-order chi connectivity index (χ0) is 15.9. The average molecular weight is 350 g/mol. The molecule has 0 bridgehead atoms. The van der Waals surface area contributed by atoms with Crippen LogP contribution >= 0.6 is 12.4 Å². The van der Waals surface area contributed by atoms with E-state index in [0.29, 0.717) is 11.9 Å². The number of aromatic nitrogens is 4. The van der Waals surface area contributed by atoms with Gasteiger partial charge in [-0.15, -0.1) is 17.5 Å². The number of nitrogens with one attached hydrogen (secondary N) is 1. The van der Waals surface area contributed by atoms with Gasteiger partial charge in [-0.2, -0.15) is 5.10 Å². The Labute approximate surface area is 148 Å². The molecule has 1 fully saturated rings. The number of halogens is 1. The van der Waals surface area contributed by atoms with Crippen molar-refractivity contribution < 1.29 is 4.74 Å². The maximum atomic E-state index is 5.79. The second-order valence-corrected chi connectivity index (χ2v) is 5.90. The lowest BCUT2D eigenvalue weighted by Gasteiger charge is -2.11. The first-order valence-corrected chi connectivity index (χ1v) is 8.24. The van der Waals surface area contributed by atoms with E-state index in [9.17, 15) is 0 Å². The molecule has 3 rings (SSSR count). The summed E-state index contributed by atoms with van der Waals surface area (Å²) in [6.07, 6.45) is 7.79. The van der Waals surface area contributed by atoms with Gasteiger partial charge < -0.3 is 10.1 Å². The Hall–Kier alpha value is -1.63. The Morgan fingerprint density at radius 3 is 2.83 bits per heavy atom. The summed E-state index contributed by atoms with van der Waals surface area (Å²) in [6, 6.07) is 4.40. The van der Waals surface area contributed by atoms with Crippen LogP contribution in [0.3, 0.4) is 0 Å². The molecule has 0 aromatic carbocycles. The number of rotatable bonds is 7. The lowest BCUT2D eigenvalue weighted by Crippen LogP contribution is -2.26. The number of nitrogens with zero attached hydrogens (tertiary/aromatic N) is 4. The topological polar surface area (TPSA) is 72.8 Å². The third-order valence-electron chi connectivity index (χ3n) is 3.99. The van der Waals surface area contributed by atoms with Crippen LogP contribution in [0.25, 0.3) is 11.5 Å². The molecule has 0 radical (unpaired) electrons. The second-order valence-electron chi connectivity index (χ2n) is 5.90. The Bertz CT molecular complexity index is 620. The summed E-state index contributed by atoms with van der Waals surface area (Å²) in [7, 11) is 0. The van der Waals surface area contributed by atoms with Gasteiger partial charge in [0.25, 0.3) is 0 Å². The maximum Gasteiger partial charge on any atom is 0.180 e. The fraction of sp³-hybridized carbons (Fsp3) is 0.529. The molecule has 0 aliphatic carbocycles. The van der Waals surface area contributed by atoms with Crippen LogP contribution in [0.5, 0.6) is 0 Å². The molecule has 1 N–H and O–H groups in total. The van der Waals surface area contributed by atoms with Crippen molar-refractivity contribution in [1.29, 1.82) is 0 Å². The zero-order valence-corrected chi connectivity index (χ0v) is 14.8. The molecule has 1 saturated heterocycles. The minimum Gasteiger partial charge on any atom is -0.380 e. The van der Waals surface area contributed by atoms with Gasteiger partial charge in [-0.3, -0.25) is 0 Å². The molecule has 1 atom stereocenters. The molecule has 0 saturated carbocycles. The fourth-order valence-corrected chi connectivity index (χ4v) is 2.83. The van der Waals surface area contributed by atoms with E-state index < -0.39 is 0 Å². The molecular weight excluding hydrogens is 326 g/mol. The van der Waals surface area contributed by atoms with Crippen molar-refractivity contribution in [3.05, 3.63) is 35.8 Å². The van der Waals surface area contributed by atoms with Gasteiger partial charge in [0.2, 0.25) is 0 Å². The van der Waals surface area contributed by atoms with E-state index in [2.05, 4.69) is 31.5 Å². The average Bonchev–Trinajstić information content (AvgIpc) is 3.09. The third-order valence-corrected chi connectivity index (χ3v) is 3.99. The van der Waals surface area contributed by atoms with Crippen molar-refractivity contribution in [3.63, 3.8) is 0 Å². The van der Waals surface area contributed by atoms with Gasteiger partial charge in [-0.25, -0.2) is 9.97 Å². The summed E-state index contributed by atoms with van der Waals surface area (Å²) < 4.78 is 5.79. The first-order valence-electron chi connectivity index (χ1n) is 8.24. The first kappa shape index (κ1) is 18.7. The van der Waals surface area contributed by atoms with Crippen LogP contribution < -0.4 is 5.32 Å². The molecule has 2 aromatic heterocycles. The largest absolute Gasteiger partial charge is 0.380 e. The quantitative estimate of drug-likeness (QED) is 0.774. The van der Waals surface area contributed by atoms with Crippen molar-refractivity contribution in [3.8, 4) is 11.5 Å². The highest BCUT2D eigenvalue weighted by molar-refractivity contribution is 5.85. The molecule has 3 heterocycles. The highest BCUT2D eigenvalue weighted by Gasteiger charge is 2.14. The predicted octanol–water partition coefficient (Wildman–Crippen LogP) is 2.37. The van der Waals surface area contributed by atoms with E-state index in [1.54, 1.807) is 18.5 Å². The van der Waals surface area contributed by atoms with Gasteiger partial charge >= 0.3 is 0 Å². The van der Waals surface area contributed by atoms with Crippen LogP contribution in [0.15, 0.2) is 24.5 Å². The fourth-order valence-electron chi connectivity index (χ4n) is 2.83. The van der Waals surface area contributed by atoms with Crippen LogP contribution in [0.1, 0.15) is 30.5 Å². The second kappa shape index (κ2) is 9.61. The van der Waals surface area contributed by atoms with Crippen molar-refractivity contribution in [2.45, 2.75) is 38.6 Å². The first-order chi connectivity index (χ1) is 11.3. The molecule has 1 aliphatic heterocycles. The summed E-state index contributed by atoms with van der Waals surface area (Å²) in [5.41, 5.74) is 2.82. The summed E-state index contributed by atoms with van der Waals surface area (Å²) in [4.78, 5) is 8.57. The van der Waals surface area contributed by atoms with Gasteiger partial charge in [0, 0.05) is 25.0 Å². The molecular formula is C17H24ClN5O. The van der Waals surface area contributed by atoms with E-state index >= 15 is 0 Å². The van der Waals surface area contributed by atoms with Gasteiger partial charge in [0.05, 0.1) is 12.3 Å². The van der Waals surface area contributed by atoms with Crippen LogP contribution in [0.2, 0.25) is 0 Å². The van der Waals surface area contributed by atoms with E-state index in [1.807, 2.05) is 6.92 Å². The summed E-state index contributed by atoms with van der Waals surface area (Å²) in [5, 5.41) is 11.9. The van der Waals surface area contributed by atoms with E-state index in [1.165, 1.54) is 12.8 Å². The van der Waals surface area contributed by atoms with Crippen LogP contribution in [0.4, 0.5) is 0 Å². The third kappa shape index (κ3) is 5.19. The smallest absolute Gasteiger partial charge is 0.180 e. The van der Waals surface area contributed by atoms with Gasteiger partial charge in [-0.05, 0) is 56.8 Å². The maximum absolute atomic E-state index is 5.79. The monoisotopic (exact) mass is 349 g/mol. The summed E-state index contributed by atoms with van der Waals surface area (Å²) in [5.74, 6) is 0.631. The summed E-state index contributed by atoms with van der Waals surface area (Å²) >= 11 is 0. The van der Waals surface area contributed by atoms with Gasteiger partial charge in [0.1, 0.15) is 5.69 Å². The van der Waals surface area contributed by atoms with E-state index in [0.717, 1.165) is 49.6 Å². The molecule has 130 valence electrons. The number of aryl methyl sites for hydroxylation is 2. The van der Waals surface area contributed by atoms with Crippen molar-refractivity contribution in [1.82, 2.24) is 25.5 Å². The highest BCUT2D eigenvalue weighted by Crippen LogP contribution is 2.18. The lowest BCUT2D eigenvalue weighted by molar-refractivity contribution is 0.114. The minimum absolute atomic E-state index is 0. The Kier molecular flexibility index (Phi) is 7.49. The number of hydrogen-bond acceptors (Lipinski definition) is 6. The van der Waals surface area contributed by atoms with Crippen LogP contribution in [0, 0.1) is 6.92 Å². The van der Waals surface area contributed by atoms with Crippen molar-refractivity contribution >= 4 is 12.4 Å². The Morgan fingerprint density at radius 1 is 1.25 bits per heavy atom. The van der Waals surface area contributed by atoms with Crippen LogP contribution in [-0.2, 0) is 11.2 Å². The standard InChI is InChI=1S/C17H23N5O.ClH/c1-13-11-14(5-3-10-23-12-15-6-2-7-18-15)16(22-21-13)17-19-8-4-9-20-17;/h4,8-9,11,15,18H,2-3,5-7,10,12H2,1H3;1H/t15-;/m0./s1. The molecule has 2 aromatic rings. The molecule has 1 aliphatic rings. The molecule has 0 spiro atoms. The molecule has 7 heteroatoms. The SMILES string of the molecule is Cc1cc(CCCOC[C@@H]2CCCN2)c(-c2ncccn2)nn1.Cl. The molecule has 6 nitrogen and oxygen atoms in total. The van der Waals surface area contributed by atoms with Crippen molar-refractivity contribution in [2.24, 2.45) is 0 Å². The molecule has 0 unspecified atom stereocenters. The van der Waals surface area contributed by atoms with E-state index in [-0.39, 0.29) is 12.4 Å². The normalized spacial score (nSPS) is 16.8.